The van der Waals surface area contributed by atoms with Gasteiger partial charge in [0.25, 0.3) is 10.1 Å². The normalized spacial score (nSPS) is 13.8. The Kier molecular flexibility index (Phi) is 5.98. The monoisotopic (exact) mass is 492 g/mol. The lowest BCUT2D eigenvalue weighted by atomic mass is 9.83. The third kappa shape index (κ3) is 3.65. The standard InChI is InChI=1S/C19H12Cl4O5S/c20-11-6-13(18(23)15(22)7-11)19(29(26,27)28,10-4-2-1-3-5-10)12-8-16(24)17(25)9-14(12)21/h1-9,24-25H,(H,26,27,28). The second kappa shape index (κ2) is 7.87. The maximum atomic E-state index is 13.0. The number of phenols is 2. The van der Waals surface area contributed by atoms with Crippen molar-refractivity contribution in [2.24, 2.45) is 0 Å². The molecule has 0 aliphatic carbocycles. The lowest BCUT2D eigenvalue weighted by Crippen LogP contribution is -2.39. The van der Waals surface area contributed by atoms with Crippen LogP contribution in [0.4, 0.5) is 0 Å². The average molecular weight is 494 g/mol. The highest BCUT2D eigenvalue weighted by Gasteiger charge is 2.51. The minimum absolute atomic E-state index is 0.0507. The Morgan fingerprint density at radius 3 is 1.93 bits per heavy atom. The van der Waals surface area contributed by atoms with E-state index >= 15 is 0 Å². The van der Waals surface area contributed by atoms with Crippen LogP contribution in [0.5, 0.6) is 11.5 Å². The molecule has 0 spiro atoms. The van der Waals surface area contributed by atoms with Crippen molar-refractivity contribution in [3.63, 3.8) is 0 Å². The highest BCUT2D eigenvalue weighted by Crippen LogP contribution is 2.52. The summed E-state index contributed by atoms with van der Waals surface area (Å²) in [7, 11) is -5.07. The number of hydrogen-bond acceptors (Lipinski definition) is 4. The molecule has 3 aromatic carbocycles. The molecule has 0 saturated carbocycles. The fraction of sp³-hybridized carbons (Fsp3) is 0.0526. The topological polar surface area (TPSA) is 94.8 Å². The van der Waals surface area contributed by atoms with Gasteiger partial charge < -0.3 is 10.2 Å². The minimum atomic E-state index is -5.07. The SMILES string of the molecule is O=S(=O)(O)C(c1ccccc1)(c1cc(O)c(O)cc1Cl)c1cc(Cl)cc(Cl)c1Cl. The van der Waals surface area contributed by atoms with E-state index in [-0.39, 0.29) is 36.8 Å². The molecule has 0 aliphatic heterocycles. The van der Waals surface area contributed by atoms with Crippen LogP contribution in [0.2, 0.25) is 20.1 Å². The first kappa shape index (κ1) is 22.0. The second-order valence-electron chi connectivity index (χ2n) is 6.09. The largest absolute Gasteiger partial charge is 0.504 e. The van der Waals surface area contributed by atoms with Crippen molar-refractivity contribution in [1.29, 1.82) is 0 Å². The van der Waals surface area contributed by atoms with Crippen LogP contribution < -0.4 is 0 Å². The molecule has 152 valence electrons. The zero-order valence-electron chi connectivity index (χ0n) is 14.3. The molecule has 29 heavy (non-hydrogen) atoms. The van der Waals surface area contributed by atoms with Crippen LogP contribution in [0.1, 0.15) is 16.7 Å². The summed E-state index contributed by atoms with van der Waals surface area (Å²) in [6, 6.07) is 12.0. The number of benzene rings is 3. The van der Waals surface area contributed by atoms with Gasteiger partial charge in [0, 0.05) is 22.2 Å². The third-order valence-corrected chi connectivity index (χ3v) is 7.17. The van der Waals surface area contributed by atoms with E-state index in [2.05, 4.69) is 0 Å². The smallest absolute Gasteiger partial charge is 0.283 e. The maximum Gasteiger partial charge on any atom is 0.283 e. The Balaban J connectivity index is 2.64. The van der Waals surface area contributed by atoms with Crippen LogP contribution in [0, 0.1) is 0 Å². The van der Waals surface area contributed by atoms with E-state index in [1.807, 2.05) is 0 Å². The molecular weight excluding hydrogens is 482 g/mol. The summed E-state index contributed by atoms with van der Waals surface area (Å²) in [6.07, 6.45) is 0. The Morgan fingerprint density at radius 1 is 0.759 bits per heavy atom. The van der Waals surface area contributed by atoms with E-state index in [9.17, 15) is 23.2 Å². The Hall–Kier alpha value is -1.67. The van der Waals surface area contributed by atoms with Gasteiger partial charge >= 0.3 is 0 Å². The molecule has 0 bridgehead atoms. The van der Waals surface area contributed by atoms with Crippen molar-refractivity contribution in [1.82, 2.24) is 0 Å². The average Bonchev–Trinajstić information content (AvgIpc) is 2.63. The maximum absolute atomic E-state index is 13.0. The summed E-state index contributed by atoms with van der Waals surface area (Å²) in [6.45, 7) is 0. The number of phenolic OH excluding ortho intramolecular Hbond substituents is 2. The van der Waals surface area contributed by atoms with Crippen molar-refractivity contribution in [2.75, 3.05) is 0 Å². The van der Waals surface area contributed by atoms with Gasteiger partial charge in [0.1, 0.15) is 0 Å². The van der Waals surface area contributed by atoms with Crippen LogP contribution >= 0.6 is 46.4 Å². The van der Waals surface area contributed by atoms with E-state index in [0.717, 1.165) is 12.1 Å². The number of rotatable bonds is 4. The van der Waals surface area contributed by atoms with Crippen LogP contribution in [0.15, 0.2) is 54.6 Å². The van der Waals surface area contributed by atoms with Gasteiger partial charge in [-0.05, 0) is 23.8 Å². The van der Waals surface area contributed by atoms with Gasteiger partial charge in [-0.2, -0.15) is 8.42 Å². The summed E-state index contributed by atoms with van der Waals surface area (Å²) in [4.78, 5) is 0. The molecule has 10 heteroatoms. The molecule has 3 rings (SSSR count). The van der Waals surface area contributed by atoms with Crippen molar-refractivity contribution in [3.8, 4) is 11.5 Å². The van der Waals surface area contributed by atoms with Gasteiger partial charge in [-0.15, -0.1) is 0 Å². The van der Waals surface area contributed by atoms with Crippen molar-refractivity contribution < 1.29 is 23.2 Å². The van der Waals surface area contributed by atoms with Crippen LogP contribution in [-0.4, -0.2) is 23.2 Å². The molecule has 1 unspecified atom stereocenters. The predicted octanol–water partition coefficient (Wildman–Crippen LogP) is 5.89. The summed E-state index contributed by atoms with van der Waals surface area (Å²) in [5, 5.41) is 19.4. The highest BCUT2D eigenvalue weighted by atomic mass is 35.5. The molecule has 0 aliphatic rings. The predicted molar refractivity (Wildman–Crippen MR) is 114 cm³/mol. The fourth-order valence-corrected chi connectivity index (χ4v) is 5.66. The molecule has 3 N–H and O–H groups in total. The van der Waals surface area contributed by atoms with E-state index in [4.69, 9.17) is 46.4 Å². The second-order valence-corrected chi connectivity index (χ2v) is 9.28. The molecule has 0 saturated heterocycles. The third-order valence-electron chi connectivity index (χ3n) is 4.38. The fourth-order valence-electron chi connectivity index (χ4n) is 3.19. The molecule has 1 atom stereocenters. The number of hydrogen-bond donors (Lipinski definition) is 3. The lowest BCUT2D eigenvalue weighted by molar-refractivity contribution is 0.402. The summed E-state index contributed by atoms with van der Waals surface area (Å²) < 4.78 is 34.1. The van der Waals surface area contributed by atoms with Crippen LogP contribution in [-0.2, 0) is 14.9 Å². The first-order valence-electron chi connectivity index (χ1n) is 7.89. The molecule has 0 heterocycles. The molecule has 0 aromatic heterocycles. The van der Waals surface area contributed by atoms with Crippen molar-refractivity contribution in [2.45, 2.75) is 4.75 Å². The lowest BCUT2D eigenvalue weighted by Gasteiger charge is -2.34. The van der Waals surface area contributed by atoms with E-state index < -0.39 is 26.4 Å². The van der Waals surface area contributed by atoms with Crippen molar-refractivity contribution >= 4 is 56.5 Å². The molecule has 0 fully saturated rings. The van der Waals surface area contributed by atoms with E-state index in [1.54, 1.807) is 18.2 Å². The number of aromatic hydroxyl groups is 2. The Morgan fingerprint density at radius 2 is 1.34 bits per heavy atom. The Bertz CT molecular complexity index is 1200. The highest BCUT2D eigenvalue weighted by molar-refractivity contribution is 7.87. The van der Waals surface area contributed by atoms with Gasteiger partial charge in [-0.1, -0.05) is 76.7 Å². The molecule has 3 aromatic rings. The van der Waals surface area contributed by atoms with Gasteiger partial charge in [0.05, 0.1) is 15.1 Å². The van der Waals surface area contributed by atoms with E-state index in [0.29, 0.717) is 0 Å². The first-order chi connectivity index (χ1) is 13.5. The first-order valence-corrected chi connectivity index (χ1v) is 10.8. The van der Waals surface area contributed by atoms with Gasteiger partial charge in [-0.3, -0.25) is 4.55 Å². The molecular formula is C19H12Cl4O5S. The summed E-state index contributed by atoms with van der Waals surface area (Å²) in [5.74, 6) is -1.23. The summed E-state index contributed by atoms with van der Waals surface area (Å²) in [5.41, 5.74) is -0.393. The van der Waals surface area contributed by atoms with Crippen molar-refractivity contribution in [3.05, 3.63) is 91.4 Å². The van der Waals surface area contributed by atoms with Crippen LogP contribution in [0.25, 0.3) is 0 Å². The van der Waals surface area contributed by atoms with Gasteiger partial charge in [-0.25, -0.2) is 0 Å². The van der Waals surface area contributed by atoms with Crippen LogP contribution in [0.3, 0.4) is 0 Å². The quantitative estimate of drug-likeness (QED) is 0.182. The zero-order valence-corrected chi connectivity index (χ0v) is 18.1. The zero-order chi connectivity index (χ0) is 21.6. The molecule has 0 amide bonds. The van der Waals surface area contributed by atoms with E-state index in [1.165, 1.54) is 24.3 Å². The molecule has 0 radical (unpaired) electrons. The van der Waals surface area contributed by atoms with Gasteiger partial charge in [0.2, 0.25) is 0 Å². The number of halogens is 4. The Labute approximate surface area is 186 Å². The molecule has 5 nitrogen and oxygen atoms in total. The minimum Gasteiger partial charge on any atom is -0.504 e. The van der Waals surface area contributed by atoms with Gasteiger partial charge in [0.15, 0.2) is 16.2 Å². The summed E-state index contributed by atoms with van der Waals surface area (Å²) >= 11 is 24.9.